The molecule has 6 heteroatoms. The van der Waals surface area contributed by atoms with E-state index in [0.29, 0.717) is 21.7 Å². The van der Waals surface area contributed by atoms with Crippen LogP contribution in [0.2, 0.25) is 0 Å². The van der Waals surface area contributed by atoms with E-state index in [1.807, 2.05) is 0 Å². The minimum Gasteiger partial charge on any atom is -0.478 e. The van der Waals surface area contributed by atoms with E-state index in [4.69, 9.17) is 9.84 Å². The standard InChI is InChI=1S/C12H18N2O3S/c1-8-9(11(15)16)10(18-14-8)13-7-12(3-4-12)5-6-17-2/h13H,3-7H2,1-2H3,(H,15,16). The predicted octanol–water partition coefficient (Wildman–Crippen LogP) is 2.38. The van der Waals surface area contributed by atoms with Crippen molar-refractivity contribution < 1.29 is 14.6 Å². The number of methoxy groups -OCH3 is 1. The van der Waals surface area contributed by atoms with Crippen molar-refractivity contribution in [3.63, 3.8) is 0 Å². The number of aryl methyl sites for hydroxylation is 1. The van der Waals surface area contributed by atoms with Crippen molar-refractivity contribution in [2.45, 2.75) is 26.2 Å². The van der Waals surface area contributed by atoms with Crippen molar-refractivity contribution >= 4 is 22.5 Å². The van der Waals surface area contributed by atoms with Crippen LogP contribution in [-0.4, -0.2) is 35.7 Å². The molecule has 0 unspecified atom stereocenters. The van der Waals surface area contributed by atoms with Gasteiger partial charge in [0.25, 0.3) is 0 Å². The highest BCUT2D eigenvalue weighted by molar-refractivity contribution is 7.10. The number of hydrogen-bond donors (Lipinski definition) is 2. The van der Waals surface area contributed by atoms with E-state index in [1.165, 1.54) is 24.4 Å². The Kier molecular flexibility index (Phi) is 3.87. The van der Waals surface area contributed by atoms with Crippen LogP contribution in [0, 0.1) is 12.3 Å². The van der Waals surface area contributed by atoms with Gasteiger partial charge in [-0.1, -0.05) is 0 Å². The Morgan fingerprint density at radius 2 is 2.33 bits per heavy atom. The summed E-state index contributed by atoms with van der Waals surface area (Å²) in [6, 6.07) is 0. The quantitative estimate of drug-likeness (QED) is 0.796. The van der Waals surface area contributed by atoms with E-state index in [1.54, 1.807) is 14.0 Å². The van der Waals surface area contributed by atoms with Gasteiger partial charge in [0.1, 0.15) is 10.6 Å². The maximum Gasteiger partial charge on any atom is 0.340 e. The molecule has 5 nitrogen and oxygen atoms in total. The molecule has 0 atom stereocenters. The summed E-state index contributed by atoms with van der Waals surface area (Å²) >= 11 is 1.22. The maximum atomic E-state index is 11.1. The van der Waals surface area contributed by atoms with Crippen molar-refractivity contribution in [1.29, 1.82) is 0 Å². The van der Waals surface area contributed by atoms with E-state index in [2.05, 4.69) is 9.69 Å². The summed E-state index contributed by atoms with van der Waals surface area (Å²) < 4.78 is 9.20. The van der Waals surface area contributed by atoms with Crippen LogP contribution < -0.4 is 5.32 Å². The third-order valence-electron chi connectivity index (χ3n) is 3.49. The lowest BCUT2D eigenvalue weighted by Gasteiger charge is -2.15. The molecular weight excluding hydrogens is 252 g/mol. The molecule has 0 bridgehead atoms. The van der Waals surface area contributed by atoms with Crippen LogP contribution in [0.3, 0.4) is 0 Å². The largest absolute Gasteiger partial charge is 0.478 e. The summed E-state index contributed by atoms with van der Waals surface area (Å²) in [5.41, 5.74) is 1.18. The predicted molar refractivity (Wildman–Crippen MR) is 70.5 cm³/mol. The zero-order chi connectivity index (χ0) is 13.2. The van der Waals surface area contributed by atoms with Crippen molar-refractivity contribution in [1.82, 2.24) is 4.37 Å². The molecule has 1 saturated carbocycles. The molecule has 1 aliphatic rings. The second-order valence-corrected chi connectivity index (χ2v) is 5.65. The maximum absolute atomic E-state index is 11.1. The smallest absolute Gasteiger partial charge is 0.340 e. The van der Waals surface area contributed by atoms with Gasteiger partial charge in [0.2, 0.25) is 0 Å². The molecule has 0 amide bonds. The summed E-state index contributed by atoms with van der Waals surface area (Å²) in [5.74, 6) is -0.912. The number of carboxylic acids is 1. The van der Waals surface area contributed by atoms with Crippen LogP contribution >= 0.6 is 11.5 Å². The molecule has 100 valence electrons. The van der Waals surface area contributed by atoms with Gasteiger partial charge in [0, 0.05) is 20.3 Å². The minimum atomic E-state index is -0.912. The van der Waals surface area contributed by atoms with Crippen molar-refractivity contribution in [2.75, 3.05) is 25.6 Å². The van der Waals surface area contributed by atoms with E-state index in [0.717, 1.165) is 19.6 Å². The van der Waals surface area contributed by atoms with Crippen LogP contribution in [-0.2, 0) is 4.74 Å². The number of aromatic nitrogens is 1. The van der Waals surface area contributed by atoms with E-state index in [9.17, 15) is 4.79 Å². The van der Waals surface area contributed by atoms with Gasteiger partial charge in [-0.05, 0) is 43.1 Å². The van der Waals surface area contributed by atoms with Gasteiger partial charge < -0.3 is 15.2 Å². The zero-order valence-electron chi connectivity index (χ0n) is 10.7. The number of aromatic carboxylic acids is 1. The van der Waals surface area contributed by atoms with Crippen molar-refractivity contribution in [3.8, 4) is 0 Å². The molecule has 1 aromatic heterocycles. The van der Waals surface area contributed by atoms with Crippen LogP contribution in [0.15, 0.2) is 0 Å². The molecule has 1 fully saturated rings. The third-order valence-corrected chi connectivity index (χ3v) is 4.39. The molecule has 0 saturated heterocycles. The molecule has 0 spiro atoms. The van der Waals surface area contributed by atoms with E-state index in [-0.39, 0.29) is 0 Å². The van der Waals surface area contributed by atoms with Crippen LogP contribution in [0.25, 0.3) is 0 Å². The Hall–Kier alpha value is -1.14. The SMILES string of the molecule is COCCC1(CNc2snc(C)c2C(=O)O)CC1. The molecule has 2 rings (SSSR count). The summed E-state index contributed by atoms with van der Waals surface area (Å²) in [5, 5.41) is 13.0. The Labute approximate surface area is 110 Å². The number of carboxylic acid groups (broad SMARTS) is 1. The molecule has 1 aromatic rings. The molecular formula is C12H18N2O3S. The average Bonchev–Trinajstić information content (AvgIpc) is 3.01. The van der Waals surface area contributed by atoms with E-state index >= 15 is 0 Å². The van der Waals surface area contributed by atoms with Crippen LogP contribution in [0.5, 0.6) is 0 Å². The minimum absolute atomic E-state index is 0.295. The van der Waals surface area contributed by atoms with Crippen molar-refractivity contribution in [3.05, 3.63) is 11.3 Å². The number of anilines is 1. The molecule has 2 N–H and O–H groups in total. The topological polar surface area (TPSA) is 71.5 Å². The summed E-state index contributed by atoms with van der Waals surface area (Å²) in [6.45, 7) is 3.29. The lowest BCUT2D eigenvalue weighted by Crippen LogP contribution is -2.18. The molecule has 1 heterocycles. The second kappa shape index (κ2) is 5.24. The van der Waals surface area contributed by atoms with Crippen LogP contribution in [0.1, 0.15) is 35.3 Å². The molecule has 0 aromatic carbocycles. The number of nitrogens with one attached hydrogen (secondary N) is 1. The first-order valence-corrected chi connectivity index (χ1v) is 6.78. The van der Waals surface area contributed by atoms with Gasteiger partial charge in [-0.2, -0.15) is 4.37 Å². The molecule has 18 heavy (non-hydrogen) atoms. The fraction of sp³-hybridized carbons (Fsp3) is 0.667. The number of hydrogen-bond acceptors (Lipinski definition) is 5. The first-order valence-electron chi connectivity index (χ1n) is 6.00. The van der Waals surface area contributed by atoms with Crippen LogP contribution in [0.4, 0.5) is 5.00 Å². The highest BCUT2D eigenvalue weighted by Gasteiger charge is 2.42. The first kappa shape index (κ1) is 13.3. The number of ether oxygens (including phenoxy) is 1. The monoisotopic (exact) mass is 270 g/mol. The number of carbonyl (C=O) groups is 1. The Balaban J connectivity index is 1.96. The number of rotatable bonds is 7. The van der Waals surface area contributed by atoms with Gasteiger partial charge in [-0.25, -0.2) is 4.79 Å². The molecule has 0 radical (unpaired) electrons. The highest BCUT2D eigenvalue weighted by Crippen LogP contribution is 2.49. The summed E-state index contributed by atoms with van der Waals surface area (Å²) in [6.07, 6.45) is 3.39. The summed E-state index contributed by atoms with van der Waals surface area (Å²) in [7, 11) is 1.71. The third kappa shape index (κ3) is 2.81. The fourth-order valence-corrected chi connectivity index (χ4v) is 2.80. The molecule has 1 aliphatic carbocycles. The average molecular weight is 270 g/mol. The molecule has 0 aliphatic heterocycles. The highest BCUT2D eigenvalue weighted by atomic mass is 32.1. The first-order chi connectivity index (χ1) is 8.58. The summed E-state index contributed by atoms with van der Waals surface area (Å²) in [4.78, 5) is 11.1. The van der Waals surface area contributed by atoms with Gasteiger partial charge in [0.15, 0.2) is 0 Å². The van der Waals surface area contributed by atoms with E-state index < -0.39 is 5.97 Å². The van der Waals surface area contributed by atoms with Gasteiger partial charge >= 0.3 is 5.97 Å². The Morgan fingerprint density at radius 1 is 1.61 bits per heavy atom. The Morgan fingerprint density at radius 3 is 2.89 bits per heavy atom. The number of nitrogens with zero attached hydrogens (tertiary/aromatic N) is 1. The lowest BCUT2D eigenvalue weighted by atomic mass is 10.0. The lowest BCUT2D eigenvalue weighted by molar-refractivity contribution is 0.0697. The second-order valence-electron chi connectivity index (χ2n) is 4.87. The van der Waals surface area contributed by atoms with Crippen molar-refractivity contribution in [2.24, 2.45) is 5.41 Å². The Bertz CT molecular complexity index is 441. The fourth-order valence-electron chi connectivity index (χ4n) is 2.02. The van der Waals surface area contributed by atoms with Gasteiger partial charge in [-0.15, -0.1) is 0 Å². The normalized spacial score (nSPS) is 16.6. The van der Waals surface area contributed by atoms with Gasteiger partial charge in [-0.3, -0.25) is 0 Å². The van der Waals surface area contributed by atoms with Gasteiger partial charge in [0.05, 0.1) is 5.69 Å². The zero-order valence-corrected chi connectivity index (χ0v) is 11.5.